The second-order valence-electron chi connectivity index (χ2n) is 5.22. The Morgan fingerprint density at radius 3 is 2.26 bits per heavy atom. The van der Waals surface area contributed by atoms with Crippen molar-refractivity contribution in [1.29, 1.82) is 0 Å². The van der Waals surface area contributed by atoms with Gasteiger partial charge in [0, 0.05) is 6.04 Å². The van der Waals surface area contributed by atoms with E-state index < -0.39 is 29.8 Å². The molecule has 0 saturated heterocycles. The molecule has 0 spiro atoms. The van der Waals surface area contributed by atoms with E-state index in [1.165, 1.54) is 0 Å². The standard InChI is InChI=1S/C11H15F3N2O3/c12-11(13,14)10(3-4-10)16-9(19)15-7(5-8(17)18)6-1-2-6/h6-7H,1-5H2,(H,17,18)(H2,15,16,19). The Hall–Kier alpha value is -1.47. The second-order valence-corrected chi connectivity index (χ2v) is 5.22. The van der Waals surface area contributed by atoms with Crippen molar-refractivity contribution in [3.63, 3.8) is 0 Å². The lowest BCUT2D eigenvalue weighted by atomic mass is 10.1. The summed E-state index contributed by atoms with van der Waals surface area (Å²) in [5, 5.41) is 13.0. The Bertz CT molecular complexity index is 389. The molecule has 2 aliphatic rings. The van der Waals surface area contributed by atoms with E-state index in [4.69, 9.17) is 5.11 Å². The topological polar surface area (TPSA) is 78.4 Å². The van der Waals surface area contributed by atoms with E-state index in [2.05, 4.69) is 5.32 Å². The van der Waals surface area contributed by atoms with E-state index in [1.54, 1.807) is 0 Å². The largest absolute Gasteiger partial charge is 0.481 e. The molecule has 8 heteroatoms. The average molecular weight is 280 g/mol. The number of hydrogen-bond donors (Lipinski definition) is 3. The molecule has 2 rings (SSSR count). The number of carboxylic acid groups (broad SMARTS) is 1. The molecule has 108 valence electrons. The molecule has 0 aromatic heterocycles. The van der Waals surface area contributed by atoms with Crippen LogP contribution in [0.4, 0.5) is 18.0 Å². The SMILES string of the molecule is O=C(O)CC(NC(=O)NC1(C(F)(F)F)CC1)C1CC1. The third kappa shape index (κ3) is 3.30. The molecule has 2 aliphatic carbocycles. The van der Waals surface area contributed by atoms with Crippen LogP contribution in [0.15, 0.2) is 0 Å². The lowest BCUT2D eigenvalue weighted by molar-refractivity contribution is -0.162. The molecule has 0 aromatic rings. The second kappa shape index (κ2) is 4.57. The van der Waals surface area contributed by atoms with Gasteiger partial charge in [-0.2, -0.15) is 13.2 Å². The van der Waals surface area contributed by atoms with Gasteiger partial charge in [0.15, 0.2) is 0 Å². The fourth-order valence-electron chi connectivity index (χ4n) is 2.05. The number of aliphatic carboxylic acids is 1. The van der Waals surface area contributed by atoms with E-state index in [0.717, 1.165) is 12.8 Å². The minimum absolute atomic E-state index is 0.0582. The van der Waals surface area contributed by atoms with Crippen LogP contribution < -0.4 is 10.6 Å². The first-order chi connectivity index (χ1) is 8.73. The average Bonchev–Trinajstić information content (AvgIpc) is 3.09. The maximum absolute atomic E-state index is 12.6. The summed E-state index contributed by atoms with van der Waals surface area (Å²) in [5.74, 6) is -1.02. The van der Waals surface area contributed by atoms with Crippen LogP contribution in [0.5, 0.6) is 0 Å². The normalized spacial score (nSPS) is 22.5. The van der Waals surface area contributed by atoms with Crippen LogP contribution in [0.1, 0.15) is 32.1 Å². The van der Waals surface area contributed by atoms with Crippen molar-refractivity contribution in [3.8, 4) is 0 Å². The van der Waals surface area contributed by atoms with Crippen LogP contribution in [0.25, 0.3) is 0 Å². The minimum Gasteiger partial charge on any atom is -0.481 e. The number of carbonyl (C=O) groups is 2. The number of nitrogens with one attached hydrogen (secondary N) is 2. The van der Waals surface area contributed by atoms with Crippen LogP contribution in [0.2, 0.25) is 0 Å². The molecule has 0 aromatic carbocycles. The molecule has 5 nitrogen and oxygen atoms in total. The Balaban J connectivity index is 1.88. The molecule has 3 N–H and O–H groups in total. The van der Waals surface area contributed by atoms with E-state index in [9.17, 15) is 22.8 Å². The minimum atomic E-state index is -4.47. The summed E-state index contributed by atoms with van der Waals surface area (Å²) < 4.78 is 37.9. The van der Waals surface area contributed by atoms with E-state index in [1.807, 2.05) is 5.32 Å². The van der Waals surface area contributed by atoms with Gasteiger partial charge in [-0.15, -0.1) is 0 Å². The van der Waals surface area contributed by atoms with Gasteiger partial charge in [0.1, 0.15) is 5.54 Å². The van der Waals surface area contributed by atoms with Crippen molar-refractivity contribution < 1.29 is 27.9 Å². The predicted molar refractivity (Wildman–Crippen MR) is 58.5 cm³/mol. The lowest BCUT2D eigenvalue weighted by Gasteiger charge is -2.23. The highest BCUT2D eigenvalue weighted by atomic mass is 19.4. The molecule has 2 amide bonds. The molecule has 2 fully saturated rings. The molecule has 0 radical (unpaired) electrons. The quantitative estimate of drug-likeness (QED) is 0.716. The van der Waals surface area contributed by atoms with Crippen molar-refractivity contribution in [1.82, 2.24) is 10.6 Å². The zero-order chi connectivity index (χ0) is 14.3. The van der Waals surface area contributed by atoms with Gasteiger partial charge in [0.25, 0.3) is 0 Å². The zero-order valence-corrected chi connectivity index (χ0v) is 10.1. The first kappa shape index (κ1) is 14.0. The summed E-state index contributed by atoms with van der Waals surface area (Å²) in [6.07, 6.45) is -3.40. The highest BCUT2D eigenvalue weighted by Crippen LogP contribution is 2.48. The lowest BCUT2D eigenvalue weighted by Crippen LogP contribution is -2.54. The molecule has 1 unspecified atom stereocenters. The van der Waals surface area contributed by atoms with Gasteiger partial charge in [0.05, 0.1) is 6.42 Å². The number of urea groups is 1. The van der Waals surface area contributed by atoms with Gasteiger partial charge in [-0.3, -0.25) is 4.79 Å². The van der Waals surface area contributed by atoms with E-state index >= 15 is 0 Å². The molecule has 1 atom stereocenters. The highest BCUT2D eigenvalue weighted by molar-refractivity contribution is 5.77. The van der Waals surface area contributed by atoms with Crippen LogP contribution in [0.3, 0.4) is 0 Å². The Morgan fingerprint density at radius 2 is 1.89 bits per heavy atom. The predicted octanol–water partition coefficient (Wildman–Crippen LogP) is 1.63. The van der Waals surface area contributed by atoms with Gasteiger partial charge in [0.2, 0.25) is 0 Å². The van der Waals surface area contributed by atoms with Gasteiger partial charge < -0.3 is 15.7 Å². The third-order valence-corrected chi connectivity index (χ3v) is 3.55. The Kier molecular flexibility index (Phi) is 3.36. The third-order valence-electron chi connectivity index (χ3n) is 3.55. The van der Waals surface area contributed by atoms with Crippen LogP contribution in [0, 0.1) is 5.92 Å². The number of carbonyl (C=O) groups excluding carboxylic acids is 1. The van der Waals surface area contributed by atoms with Gasteiger partial charge in [-0.25, -0.2) is 4.79 Å². The van der Waals surface area contributed by atoms with Crippen LogP contribution in [-0.4, -0.2) is 34.9 Å². The fraction of sp³-hybridized carbons (Fsp3) is 0.818. The van der Waals surface area contributed by atoms with Gasteiger partial charge in [-0.05, 0) is 31.6 Å². The summed E-state index contributed by atoms with van der Waals surface area (Å²) in [7, 11) is 0. The summed E-state index contributed by atoms with van der Waals surface area (Å²) >= 11 is 0. The fourth-order valence-corrected chi connectivity index (χ4v) is 2.05. The van der Waals surface area contributed by atoms with Crippen molar-refractivity contribution in [2.24, 2.45) is 5.92 Å². The molecule has 0 aliphatic heterocycles. The van der Waals surface area contributed by atoms with Gasteiger partial charge in [-0.1, -0.05) is 0 Å². The van der Waals surface area contributed by atoms with Crippen molar-refractivity contribution in [3.05, 3.63) is 0 Å². The molecular weight excluding hydrogens is 265 g/mol. The Labute approximate surface area is 107 Å². The molecule has 0 heterocycles. The number of rotatable bonds is 5. The van der Waals surface area contributed by atoms with Gasteiger partial charge >= 0.3 is 18.2 Å². The van der Waals surface area contributed by atoms with Crippen LogP contribution in [-0.2, 0) is 4.79 Å². The van der Waals surface area contributed by atoms with Crippen molar-refractivity contribution in [2.75, 3.05) is 0 Å². The van der Waals surface area contributed by atoms with Crippen LogP contribution >= 0.6 is 0 Å². The Morgan fingerprint density at radius 1 is 1.32 bits per heavy atom. The summed E-state index contributed by atoms with van der Waals surface area (Å²) in [6, 6.07) is -1.53. The summed E-state index contributed by atoms with van der Waals surface area (Å²) in [4.78, 5) is 22.2. The maximum Gasteiger partial charge on any atom is 0.411 e. The zero-order valence-electron chi connectivity index (χ0n) is 10.1. The number of amides is 2. The number of carboxylic acids is 1. The molecule has 19 heavy (non-hydrogen) atoms. The monoisotopic (exact) mass is 280 g/mol. The number of hydrogen-bond acceptors (Lipinski definition) is 2. The highest BCUT2D eigenvalue weighted by Gasteiger charge is 2.64. The summed E-state index contributed by atoms with van der Waals surface area (Å²) in [5.41, 5.74) is -2.12. The summed E-state index contributed by atoms with van der Waals surface area (Å²) in [6.45, 7) is 0. The molecule has 2 saturated carbocycles. The number of halogens is 3. The first-order valence-corrected chi connectivity index (χ1v) is 6.11. The molecular formula is C11H15F3N2O3. The van der Waals surface area contributed by atoms with Crippen molar-refractivity contribution >= 4 is 12.0 Å². The molecule has 0 bridgehead atoms. The maximum atomic E-state index is 12.6. The van der Waals surface area contributed by atoms with Crippen molar-refractivity contribution in [2.45, 2.75) is 49.9 Å². The van der Waals surface area contributed by atoms with E-state index in [0.29, 0.717) is 0 Å². The van der Waals surface area contributed by atoms with E-state index in [-0.39, 0.29) is 25.2 Å². The first-order valence-electron chi connectivity index (χ1n) is 6.11. The smallest absolute Gasteiger partial charge is 0.411 e. The number of alkyl halides is 3.